The van der Waals surface area contributed by atoms with Gasteiger partial charge in [0, 0.05) is 13.2 Å². The summed E-state index contributed by atoms with van der Waals surface area (Å²) in [7, 11) is 0. The third-order valence-electron chi connectivity index (χ3n) is 6.49. The molecule has 2 saturated carbocycles. The van der Waals surface area contributed by atoms with Crippen LogP contribution in [0, 0.1) is 23.7 Å². The Bertz CT molecular complexity index is 295. The summed E-state index contributed by atoms with van der Waals surface area (Å²) in [6, 6.07) is 0. The summed E-state index contributed by atoms with van der Waals surface area (Å²) in [5.41, 5.74) is 0. The van der Waals surface area contributed by atoms with Crippen LogP contribution in [0.5, 0.6) is 0 Å². The molecule has 1 heteroatoms. The minimum absolute atomic E-state index is 0.859. The second kappa shape index (κ2) is 11.3. The Labute approximate surface area is 145 Å². The van der Waals surface area contributed by atoms with Crippen LogP contribution in [-0.4, -0.2) is 13.2 Å². The van der Waals surface area contributed by atoms with Gasteiger partial charge in [0.15, 0.2) is 0 Å². The van der Waals surface area contributed by atoms with E-state index < -0.39 is 0 Å². The van der Waals surface area contributed by atoms with Gasteiger partial charge in [0.2, 0.25) is 0 Å². The fourth-order valence-electron chi connectivity index (χ4n) is 4.80. The second-order valence-corrected chi connectivity index (χ2v) is 8.23. The molecule has 0 amide bonds. The van der Waals surface area contributed by atoms with Crippen LogP contribution in [0.1, 0.15) is 90.4 Å². The topological polar surface area (TPSA) is 9.23 Å². The van der Waals surface area contributed by atoms with Crippen LogP contribution < -0.4 is 0 Å². The van der Waals surface area contributed by atoms with Crippen LogP contribution in [-0.2, 0) is 4.74 Å². The molecule has 0 saturated heterocycles. The minimum Gasteiger partial charge on any atom is -0.381 e. The van der Waals surface area contributed by atoms with E-state index in [0.29, 0.717) is 0 Å². The molecule has 0 unspecified atom stereocenters. The summed E-state index contributed by atoms with van der Waals surface area (Å²) in [5, 5.41) is 0. The standard InChI is InChI=1S/C22H40O/c1-3-5-6-7-19-8-10-20(11-9-19)12-13-21-14-16-22(17-15-21)18-23-4-2/h3,19-22H,1,4-18H2,2H3/t19-,20-,21-,22-. The molecule has 0 aliphatic heterocycles. The molecule has 2 rings (SSSR count). The van der Waals surface area contributed by atoms with Crippen molar-refractivity contribution in [3.8, 4) is 0 Å². The molecule has 0 N–H and O–H groups in total. The largest absolute Gasteiger partial charge is 0.381 e. The Balaban J connectivity index is 1.51. The number of unbranched alkanes of at least 4 members (excludes halogenated alkanes) is 1. The lowest BCUT2D eigenvalue weighted by Gasteiger charge is -2.32. The van der Waals surface area contributed by atoms with Crippen LogP contribution in [0.4, 0.5) is 0 Å². The van der Waals surface area contributed by atoms with Crippen LogP contribution in [0.15, 0.2) is 12.7 Å². The smallest absolute Gasteiger partial charge is 0.0494 e. The van der Waals surface area contributed by atoms with Gasteiger partial charge >= 0.3 is 0 Å². The third kappa shape index (κ3) is 7.42. The van der Waals surface area contributed by atoms with E-state index in [2.05, 4.69) is 19.6 Å². The fraction of sp³-hybridized carbons (Fsp3) is 0.909. The highest BCUT2D eigenvalue weighted by molar-refractivity contribution is 4.77. The van der Waals surface area contributed by atoms with Crippen LogP contribution in [0.2, 0.25) is 0 Å². The van der Waals surface area contributed by atoms with E-state index in [1.165, 1.54) is 83.5 Å². The van der Waals surface area contributed by atoms with Gasteiger partial charge in [-0.2, -0.15) is 0 Å². The Morgan fingerprint density at radius 2 is 1.26 bits per heavy atom. The first-order valence-corrected chi connectivity index (χ1v) is 10.5. The lowest BCUT2D eigenvalue weighted by molar-refractivity contribution is 0.0842. The molecule has 0 bridgehead atoms. The Morgan fingerprint density at radius 3 is 1.74 bits per heavy atom. The number of hydrogen-bond acceptors (Lipinski definition) is 1. The molecule has 1 nitrogen and oxygen atoms in total. The van der Waals surface area contributed by atoms with Gasteiger partial charge in [0.05, 0.1) is 0 Å². The molecule has 2 aliphatic carbocycles. The summed E-state index contributed by atoms with van der Waals surface area (Å²) < 4.78 is 5.60. The van der Waals surface area contributed by atoms with E-state index in [0.717, 1.165) is 36.9 Å². The molecule has 2 fully saturated rings. The quantitative estimate of drug-likeness (QED) is 0.319. The summed E-state index contributed by atoms with van der Waals surface area (Å²) in [4.78, 5) is 0. The SMILES string of the molecule is C=CCCC[C@H]1CC[C@H](CC[C@H]2CC[C@H](COCC)CC2)CC1. The fourth-order valence-corrected chi connectivity index (χ4v) is 4.80. The summed E-state index contributed by atoms with van der Waals surface area (Å²) in [5.74, 6) is 3.96. The number of hydrogen-bond donors (Lipinski definition) is 0. The van der Waals surface area contributed by atoms with E-state index in [1.54, 1.807) is 0 Å². The van der Waals surface area contributed by atoms with Gasteiger partial charge in [-0.3, -0.25) is 0 Å². The van der Waals surface area contributed by atoms with Crippen molar-refractivity contribution in [1.82, 2.24) is 0 Å². The highest BCUT2D eigenvalue weighted by atomic mass is 16.5. The van der Waals surface area contributed by atoms with Gasteiger partial charge < -0.3 is 4.74 Å². The molecule has 0 spiro atoms. The minimum atomic E-state index is 0.859. The van der Waals surface area contributed by atoms with Crippen LogP contribution >= 0.6 is 0 Å². The zero-order valence-corrected chi connectivity index (χ0v) is 15.6. The van der Waals surface area contributed by atoms with E-state index in [4.69, 9.17) is 4.74 Å². The highest BCUT2D eigenvalue weighted by Gasteiger charge is 2.24. The maximum atomic E-state index is 5.60. The van der Waals surface area contributed by atoms with Crippen LogP contribution in [0.3, 0.4) is 0 Å². The molecule has 0 heterocycles. The van der Waals surface area contributed by atoms with Crippen molar-refractivity contribution >= 4 is 0 Å². The lowest BCUT2D eigenvalue weighted by Crippen LogP contribution is -2.20. The Hall–Kier alpha value is -0.300. The first-order valence-electron chi connectivity index (χ1n) is 10.5. The van der Waals surface area contributed by atoms with E-state index in [-0.39, 0.29) is 0 Å². The number of rotatable bonds is 10. The molecular weight excluding hydrogens is 280 g/mol. The van der Waals surface area contributed by atoms with Crippen molar-refractivity contribution < 1.29 is 4.74 Å². The predicted octanol–water partition coefficient (Wildman–Crippen LogP) is 6.77. The molecule has 2 aliphatic rings. The molecule has 0 aromatic heterocycles. The molecule has 0 radical (unpaired) electrons. The highest BCUT2D eigenvalue weighted by Crippen LogP contribution is 2.37. The normalized spacial score (nSPS) is 31.9. The van der Waals surface area contributed by atoms with Crippen molar-refractivity contribution in [2.75, 3.05) is 13.2 Å². The van der Waals surface area contributed by atoms with Crippen molar-refractivity contribution in [3.05, 3.63) is 12.7 Å². The molecule has 23 heavy (non-hydrogen) atoms. The molecule has 0 aromatic rings. The summed E-state index contributed by atoms with van der Waals surface area (Å²) in [6.45, 7) is 7.85. The molecule has 0 atom stereocenters. The zero-order chi connectivity index (χ0) is 16.3. The molecule has 134 valence electrons. The second-order valence-electron chi connectivity index (χ2n) is 8.23. The first kappa shape index (κ1) is 19.0. The van der Waals surface area contributed by atoms with Gasteiger partial charge in [-0.25, -0.2) is 0 Å². The van der Waals surface area contributed by atoms with Gasteiger partial charge in [-0.05, 0) is 56.3 Å². The average molecular weight is 321 g/mol. The van der Waals surface area contributed by atoms with Gasteiger partial charge in [-0.1, -0.05) is 63.9 Å². The lowest BCUT2D eigenvalue weighted by atomic mass is 9.75. The van der Waals surface area contributed by atoms with Crippen molar-refractivity contribution in [3.63, 3.8) is 0 Å². The number of allylic oxidation sites excluding steroid dienone is 1. The monoisotopic (exact) mass is 320 g/mol. The Morgan fingerprint density at radius 1 is 0.783 bits per heavy atom. The van der Waals surface area contributed by atoms with E-state index >= 15 is 0 Å². The average Bonchev–Trinajstić information content (AvgIpc) is 2.60. The van der Waals surface area contributed by atoms with Gasteiger partial charge in [-0.15, -0.1) is 6.58 Å². The van der Waals surface area contributed by atoms with Crippen LogP contribution in [0.25, 0.3) is 0 Å². The van der Waals surface area contributed by atoms with E-state index in [9.17, 15) is 0 Å². The zero-order valence-electron chi connectivity index (χ0n) is 15.6. The maximum Gasteiger partial charge on any atom is 0.0494 e. The van der Waals surface area contributed by atoms with Gasteiger partial charge in [0.1, 0.15) is 0 Å². The summed E-state index contributed by atoms with van der Waals surface area (Å²) in [6.07, 6.45) is 20.9. The first-order chi connectivity index (χ1) is 11.3. The van der Waals surface area contributed by atoms with Crippen molar-refractivity contribution in [2.45, 2.75) is 90.4 Å². The molecule has 0 aromatic carbocycles. The van der Waals surface area contributed by atoms with E-state index in [1.807, 2.05) is 0 Å². The Kier molecular flexibility index (Phi) is 9.34. The predicted molar refractivity (Wildman–Crippen MR) is 101 cm³/mol. The summed E-state index contributed by atoms with van der Waals surface area (Å²) >= 11 is 0. The van der Waals surface area contributed by atoms with Crippen molar-refractivity contribution in [1.29, 1.82) is 0 Å². The van der Waals surface area contributed by atoms with Gasteiger partial charge in [0.25, 0.3) is 0 Å². The third-order valence-corrected chi connectivity index (χ3v) is 6.49. The maximum absolute atomic E-state index is 5.60. The number of ether oxygens (including phenoxy) is 1. The molecular formula is C22H40O. The van der Waals surface area contributed by atoms with Crippen molar-refractivity contribution in [2.24, 2.45) is 23.7 Å².